The lowest BCUT2D eigenvalue weighted by Gasteiger charge is -2.19. The highest BCUT2D eigenvalue weighted by atomic mass is 16.3. The quantitative estimate of drug-likeness (QED) is 0.0405. The fraction of sp³-hybridized carbons (Fsp3) is 0.824. The predicted molar refractivity (Wildman–Crippen MR) is 179 cm³/mol. The van der Waals surface area contributed by atoms with Crippen molar-refractivity contribution in [2.24, 2.45) is 17.6 Å². The summed E-state index contributed by atoms with van der Waals surface area (Å²) >= 11 is 0. The first-order valence-corrected chi connectivity index (χ1v) is 16.9. The fourth-order valence-corrected chi connectivity index (χ4v) is 4.88. The van der Waals surface area contributed by atoms with Crippen LogP contribution in [0.4, 0.5) is 0 Å². The lowest BCUT2D eigenvalue weighted by molar-refractivity contribution is -0.124. The van der Waals surface area contributed by atoms with Crippen LogP contribution in [0.3, 0.4) is 0 Å². The van der Waals surface area contributed by atoms with Gasteiger partial charge in [-0.25, -0.2) is 0 Å². The van der Waals surface area contributed by atoms with Crippen molar-refractivity contribution in [1.29, 1.82) is 0 Å². The smallest absolute Gasteiger partial charge is 0.237 e. The number of nitrogens with two attached hydrogens (primary N) is 1. The maximum absolute atomic E-state index is 11.8. The summed E-state index contributed by atoms with van der Waals surface area (Å²) in [4.78, 5) is 23.5. The molecule has 0 aromatic carbocycles. The maximum Gasteiger partial charge on any atom is 0.237 e. The Morgan fingerprint density at radius 1 is 0.617 bits per heavy atom. The third kappa shape index (κ3) is 24.1. The standard InChI is InChI=1S/C34H64N2O11/c1-21(2)32(46)20-31(45)19-30(44)17-26(40)11-6-10-25(39)16-29(43)18-28(42)15-24(38)9-5-8-23(37)14-27(41)12-7-13-36-34(47)33(35)22(3)4/h5-6,9,11,21-31,33,37-45H,7-8,10,12-20,35H2,1-4H3,(H,36,47)/b9-5+,11-6+. The molecule has 10 atom stereocenters. The summed E-state index contributed by atoms with van der Waals surface area (Å²) in [5.41, 5.74) is 5.78. The molecule has 0 aliphatic heterocycles. The molecule has 0 bridgehead atoms. The first-order valence-electron chi connectivity index (χ1n) is 16.9. The van der Waals surface area contributed by atoms with Crippen LogP contribution in [0, 0.1) is 11.8 Å². The lowest BCUT2D eigenvalue weighted by atomic mass is 9.97. The van der Waals surface area contributed by atoms with Gasteiger partial charge in [0.1, 0.15) is 5.78 Å². The largest absolute Gasteiger partial charge is 0.393 e. The molecule has 0 rings (SSSR count). The number of amides is 1. The Bertz CT molecular complexity index is 901. The molecular formula is C34H64N2O11. The topological polar surface area (TPSA) is 254 Å². The number of ketones is 1. The van der Waals surface area contributed by atoms with Gasteiger partial charge in [-0.05, 0) is 57.3 Å². The van der Waals surface area contributed by atoms with Crippen molar-refractivity contribution in [2.75, 3.05) is 6.54 Å². The summed E-state index contributed by atoms with van der Waals surface area (Å²) in [5, 5.41) is 94.0. The van der Waals surface area contributed by atoms with Crippen molar-refractivity contribution in [2.45, 2.75) is 159 Å². The SMILES string of the molecule is CC(C)C(=O)CC(O)CC(O)CC(O)/C=C/CC(O)CC(O)CC(O)CC(O)/C=C/CC(O)CC(O)CCCNC(=O)C(N)C(C)C. The van der Waals surface area contributed by atoms with Crippen molar-refractivity contribution in [3.05, 3.63) is 24.3 Å². The number of Topliss-reactive ketones (excluding diaryl/α,β-unsaturated/α-hetero) is 1. The highest BCUT2D eigenvalue weighted by molar-refractivity contribution is 5.81. The second kappa shape index (κ2) is 25.2. The van der Waals surface area contributed by atoms with E-state index in [-0.39, 0.29) is 81.3 Å². The van der Waals surface area contributed by atoms with Crippen LogP contribution in [-0.2, 0) is 9.59 Å². The molecule has 0 aliphatic carbocycles. The number of hydrogen-bond donors (Lipinski definition) is 11. The van der Waals surface area contributed by atoms with Crippen molar-refractivity contribution >= 4 is 11.7 Å². The predicted octanol–water partition coefficient (Wildman–Crippen LogP) is -0.0374. The molecule has 0 saturated heterocycles. The van der Waals surface area contributed by atoms with Gasteiger partial charge in [0.2, 0.25) is 5.91 Å². The molecule has 13 nitrogen and oxygen atoms in total. The highest BCUT2D eigenvalue weighted by Crippen LogP contribution is 2.15. The molecule has 0 radical (unpaired) electrons. The van der Waals surface area contributed by atoms with Crippen LogP contribution < -0.4 is 11.1 Å². The third-order valence-electron chi connectivity index (χ3n) is 7.85. The van der Waals surface area contributed by atoms with Gasteiger partial charge in [0.05, 0.1) is 61.0 Å². The number of carbonyl (C=O) groups is 2. The highest BCUT2D eigenvalue weighted by Gasteiger charge is 2.21. The molecule has 0 aromatic rings. The molecule has 0 heterocycles. The zero-order valence-electron chi connectivity index (χ0n) is 28.6. The molecule has 13 heteroatoms. The Hall–Kier alpha value is -1.78. The van der Waals surface area contributed by atoms with Gasteiger partial charge in [0.25, 0.3) is 0 Å². The van der Waals surface area contributed by atoms with Crippen molar-refractivity contribution < 1.29 is 55.5 Å². The minimum absolute atomic E-state index is 0.0238. The van der Waals surface area contributed by atoms with Gasteiger partial charge < -0.3 is 57.0 Å². The molecule has 10 unspecified atom stereocenters. The number of hydrogen-bond acceptors (Lipinski definition) is 12. The zero-order valence-corrected chi connectivity index (χ0v) is 28.6. The monoisotopic (exact) mass is 676 g/mol. The number of rotatable bonds is 27. The Morgan fingerprint density at radius 2 is 1.04 bits per heavy atom. The van der Waals surface area contributed by atoms with E-state index >= 15 is 0 Å². The first kappa shape index (κ1) is 45.2. The van der Waals surface area contributed by atoms with E-state index in [1.54, 1.807) is 19.9 Å². The van der Waals surface area contributed by atoms with Gasteiger partial charge in [0.15, 0.2) is 0 Å². The number of carbonyl (C=O) groups excluding carboxylic acids is 2. The second-order valence-corrected chi connectivity index (χ2v) is 13.5. The average Bonchev–Trinajstić information content (AvgIpc) is 2.93. The van der Waals surface area contributed by atoms with Gasteiger partial charge in [0, 0.05) is 31.7 Å². The molecule has 47 heavy (non-hydrogen) atoms. The third-order valence-corrected chi connectivity index (χ3v) is 7.85. The van der Waals surface area contributed by atoms with Gasteiger partial charge in [-0.1, -0.05) is 52.0 Å². The van der Waals surface area contributed by atoms with Crippen LogP contribution in [0.1, 0.15) is 98.3 Å². The molecule has 0 aliphatic rings. The number of aliphatic hydroxyl groups excluding tert-OH is 9. The lowest BCUT2D eigenvalue weighted by Crippen LogP contribution is -2.44. The summed E-state index contributed by atoms with van der Waals surface area (Å²) in [6.45, 7) is 7.54. The van der Waals surface area contributed by atoms with Crippen molar-refractivity contribution in [1.82, 2.24) is 5.32 Å². The summed E-state index contributed by atoms with van der Waals surface area (Å²) in [5.74, 6) is -0.532. The van der Waals surface area contributed by atoms with Crippen LogP contribution in [0.15, 0.2) is 24.3 Å². The normalized spacial score (nSPS) is 19.0. The van der Waals surface area contributed by atoms with Crippen molar-refractivity contribution in [3.8, 4) is 0 Å². The Kier molecular flexibility index (Phi) is 24.3. The van der Waals surface area contributed by atoms with Gasteiger partial charge in [-0.3, -0.25) is 9.59 Å². The van der Waals surface area contributed by atoms with E-state index in [1.165, 1.54) is 18.2 Å². The van der Waals surface area contributed by atoms with Gasteiger partial charge >= 0.3 is 0 Å². The van der Waals surface area contributed by atoms with E-state index in [0.717, 1.165) is 0 Å². The van der Waals surface area contributed by atoms with E-state index in [1.807, 2.05) is 13.8 Å². The molecule has 1 amide bonds. The van der Waals surface area contributed by atoms with Crippen LogP contribution in [0.25, 0.3) is 0 Å². The van der Waals surface area contributed by atoms with E-state index < -0.39 is 61.0 Å². The zero-order chi connectivity index (χ0) is 36.1. The second-order valence-electron chi connectivity index (χ2n) is 13.5. The molecular weight excluding hydrogens is 612 g/mol. The van der Waals surface area contributed by atoms with E-state index in [0.29, 0.717) is 19.4 Å². The summed E-state index contributed by atoms with van der Waals surface area (Å²) < 4.78 is 0. The van der Waals surface area contributed by atoms with Crippen LogP contribution in [-0.4, -0.2) is 125 Å². The summed E-state index contributed by atoms with van der Waals surface area (Å²) in [6.07, 6.45) is -1.87. The van der Waals surface area contributed by atoms with E-state index in [4.69, 9.17) is 5.73 Å². The Balaban J connectivity index is 4.24. The Morgan fingerprint density at radius 3 is 1.51 bits per heavy atom. The number of nitrogens with one attached hydrogen (secondary N) is 1. The Labute approximate surface area is 280 Å². The van der Waals surface area contributed by atoms with Crippen molar-refractivity contribution in [3.63, 3.8) is 0 Å². The van der Waals surface area contributed by atoms with Gasteiger partial charge in [-0.2, -0.15) is 0 Å². The number of aliphatic hydroxyl groups is 9. The molecule has 0 spiro atoms. The molecule has 0 fully saturated rings. The molecule has 0 saturated carbocycles. The van der Waals surface area contributed by atoms with Crippen LogP contribution >= 0.6 is 0 Å². The maximum atomic E-state index is 11.8. The van der Waals surface area contributed by atoms with E-state index in [2.05, 4.69) is 5.32 Å². The molecule has 276 valence electrons. The van der Waals surface area contributed by atoms with Gasteiger partial charge in [-0.15, -0.1) is 0 Å². The average molecular weight is 677 g/mol. The minimum atomic E-state index is -1.05. The molecule has 0 aromatic heterocycles. The fourth-order valence-electron chi connectivity index (χ4n) is 4.88. The molecule has 12 N–H and O–H groups in total. The van der Waals surface area contributed by atoms with Crippen LogP contribution in [0.2, 0.25) is 0 Å². The van der Waals surface area contributed by atoms with Crippen LogP contribution in [0.5, 0.6) is 0 Å². The minimum Gasteiger partial charge on any atom is -0.393 e. The summed E-state index contributed by atoms with van der Waals surface area (Å²) in [7, 11) is 0. The first-order chi connectivity index (χ1) is 21.9. The summed E-state index contributed by atoms with van der Waals surface area (Å²) in [6, 6.07) is -0.583. The van der Waals surface area contributed by atoms with E-state index in [9.17, 15) is 55.5 Å².